The number of esters is 4. The molecule has 0 amide bonds. The molecule has 0 aliphatic rings. The second-order valence-corrected chi connectivity index (χ2v) is 29.5. The third-order valence-electron chi connectivity index (χ3n) is 16.2. The largest absolute Gasteiger partial charge is 0.472 e. The molecule has 0 saturated heterocycles. The molecular formula is C69H134O17P2. The fourth-order valence-electron chi connectivity index (χ4n) is 10.3. The molecule has 0 heterocycles. The Morgan fingerprint density at radius 3 is 0.807 bits per heavy atom. The number of aliphatic hydroxyl groups is 1. The van der Waals surface area contributed by atoms with E-state index in [4.69, 9.17) is 37.0 Å². The number of carbonyl (C=O) groups is 4. The highest BCUT2D eigenvalue weighted by molar-refractivity contribution is 7.47. The molecule has 522 valence electrons. The molecule has 0 rings (SSSR count). The van der Waals surface area contributed by atoms with Crippen molar-refractivity contribution in [1.82, 2.24) is 0 Å². The molecule has 19 heteroatoms. The molecule has 0 spiro atoms. The number of phosphoric acid groups is 2. The number of aliphatic hydroxyl groups excluding tert-OH is 1. The summed E-state index contributed by atoms with van der Waals surface area (Å²) in [7, 11) is -9.90. The van der Waals surface area contributed by atoms with Gasteiger partial charge in [0.2, 0.25) is 0 Å². The Balaban J connectivity index is 5.22. The maximum absolute atomic E-state index is 13.0. The highest BCUT2D eigenvalue weighted by Gasteiger charge is 2.30. The minimum absolute atomic E-state index is 0.101. The first kappa shape index (κ1) is 86.1. The molecule has 0 bridgehead atoms. The maximum atomic E-state index is 13.0. The summed E-state index contributed by atoms with van der Waals surface area (Å²) in [6.07, 6.45) is 40.5. The molecule has 3 N–H and O–H groups in total. The van der Waals surface area contributed by atoms with Gasteiger partial charge in [-0.25, -0.2) is 9.13 Å². The first-order chi connectivity index (χ1) is 42.1. The van der Waals surface area contributed by atoms with Gasteiger partial charge in [0, 0.05) is 25.7 Å². The molecule has 0 aromatic rings. The lowest BCUT2D eigenvalue weighted by Gasteiger charge is -2.21. The van der Waals surface area contributed by atoms with Gasteiger partial charge in [-0.15, -0.1) is 0 Å². The maximum Gasteiger partial charge on any atom is 0.472 e. The van der Waals surface area contributed by atoms with Crippen LogP contribution in [0.1, 0.15) is 338 Å². The van der Waals surface area contributed by atoms with Crippen molar-refractivity contribution < 1.29 is 80.2 Å². The van der Waals surface area contributed by atoms with Gasteiger partial charge in [-0.1, -0.05) is 287 Å². The van der Waals surface area contributed by atoms with Gasteiger partial charge >= 0.3 is 39.5 Å². The van der Waals surface area contributed by atoms with Crippen molar-refractivity contribution >= 4 is 39.5 Å². The topological polar surface area (TPSA) is 237 Å². The molecule has 0 aromatic heterocycles. The summed E-state index contributed by atoms with van der Waals surface area (Å²) < 4.78 is 68.2. The van der Waals surface area contributed by atoms with E-state index < -0.39 is 97.5 Å². The van der Waals surface area contributed by atoms with Crippen LogP contribution in [0.5, 0.6) is 0 Å². The summed E-state index contributed by atoms with van der Waals surface area (Å²) in [4.78, 5) is 72.4. The fraction of sp³-hybridized carbons (Fsp3) is 0.942. The lowest BCUT2D eigenvalue weighted by molar-refractivity contribution is -0.161. The van der Waals surface area contributed by atoms with Crippen LogP contribution in [0.15, 0.2) is 0 Å². The highest BCUT2D eigenvalue weighted by Crippen LogP contribution is 2.45. The summed E-state index contributed by atoms with van der Waals surface area (Å²) in [5.74, 6) is 0.813. The first-order valence-electron chi connectivity index (χ1n) is 35.7. The van der Waals surface area contributed by atoms with Crippen molar-refractivity contribution in [3.05, 3.63) is 0 Å². The number of unbranched alkanes of at least 4 members (excludes halogenated alkanes) is 31. The molecule has 17 nitrogen and oxygen atoms in total. The van der Waals surface area contributed by atoms with Crippen LogP contribution >= 0.6 is 15.6 Å². The van der Waals surface area contributed by atoms with Crippen molar-refractivity contribution in [2.75, 3.05) is 39.6 Å². The quantitative estimate of drug-likeness (QED) is 0.0222. The minimum Gasteiger partial charge on any atom is -0.462 e. The number of hydrogen-bond acceptors (Lipinski definition) is 15. The first-order valence-corrected chi connectivity index (χ1v) is 38.7. The average molecular weight is 1300 g/mol. The fourth-order valence-corrected chi connectivity index (χ4v) is 11.9. The van der Waals surface area contributed by atoms with Crippen LogP contribution in [0, 0.1) is 23.7 Å². The molecular weight excluding hydrogens is 1160 g/mol. The molecule has 0 saturated carbocycles. The van der Waals surface area contributed by atoms with Gasteiger partial charge in [-0.05, 0) is 49.4 Å². The summed E-state index contributed by atoms with van der Waals surface area (Å²) in [5, 5.41) is 10.6. The zero-order chi connectivity index (χ0) is 65.4. The summed E-state index contributed by atoms with van der Waals surface area (Å²) in [5.41, 5.74) is 0. The predicted octanol–water partition coefficient (Wildman–Crippen LogP) is 19.3. The van der Waals surface area contributed by atoms with Crippen molar-refractivity contribution in [3.63, 3.8) is 0 Å². The molecule has 0 aliphatic carbocycles. The Hall–Kier alpha value is -1.94. The van der Waals surface area contributed by atoms with E-state index in [0.717, 1.165) is 114 Å². The van der Waals surface area contributed by atoms with Crippen molar-refractivity contribution in [3.8, 4) is 0 Å². The average Bonchev–Trinajstić information content (AvgIpc) is 3.63. The van der Waals surface area contributed by atoms with Gasteiger partial charge in [0.15, 0.2) is 12.2 Å². The Labute approximate surface area is 537 Å². The van der Waals surface area contributed by atoms with Crippen LogP contribution in [-0.4, -0.2) is 96.7 Å². The zero-order valence-corrected chi connectivity index (χ0v) is 59.1. The molecule has 0 radical (unpaired) electrons. The Kier molecular flexibility index (Phi) is 57.6. The SMILES string of the molecule is CCC(C)CCCCCCCCC(=O)OC[C@H](COP(=O)(O)OC[C@H](O)COP(=O)(O)OC[C@@H](COC(=O)CCCCCCCCCCCCCC(C)C)OC(=O)CCCCCCCCC(C)C)OC(=O)CCCCCCCCCCCCCCC(C)C. The van der Waals surface area contributed by atoms with Crippen LogP contribution in [-0.2, 0) is 65.4 Å². The van der Waals surface area contributed by atoms with Crippen LogP contribution in [0.2, 0.25) is 0 Å². The number of phosphoric ester groups is 2. The van der Waals surface area contributed by atoms with Crippen LogP contribution < -0.4 is 0 Å². The standard InChI is InChI=1S/C69H134O17P2/c1-9-62(8)48-40-32-26-28-34-42-50-67(72)80-56-64(85-68(73)51-43-35-24-20-15-11-10-13-17-21-29-37-45-59(2)3)57-83-87(75,76)81-53-63(70)54-82-88(77,78)84-58-65(86-69(74)52-44-36-27-25-31-39-47-61(6)7)55-79-66(71)49-41-33-23-19-16-12-14-18-22-30-38-46-60(4)5/h59-65,70H,9-58H2,1-8H3,(H,75,76)(H,77,78)/t62?,63-,64+,65+/m0/s1. The van der Waals surface area contributed by atoms with Crippen molar-refractivity contribution in [2.45, 2.75) is 356 Å². The summed E-state index contributed by atoms with van der Waals surface area (Å²) in [6, 6.07) is 0. The Morgan fingerprint density at radius 2 is 0.545 bits per heavy atom. The van der Waals surface area contributed by atoms with E-state index in [-0.39, 0.29) is 25.7 Å². The van der Waals surface area contributed by atoms with E-state index in [1.54, 1.807) is 0 Å². The molecule has 88 heavy (non-hydrogen) atoms. The summed E-state index contributed by atoms with van der Waals surface area (Å²) >= 11 is 0. The molecule has 0 fully saturated rings. The minimum atomic E-state index is -4.95. The second-order valence-electron chi connectivity index (χ2n) is 26.6. The van der Waals surface area contributed by atoms with Gasteiger partial charge in [0.1, 0.15) is 19.3 Å². The smallest absolute Gasteiger partial charge is 0.462 e. The number of ether oxygens (including phenoxy) is 4. The van der Waals surface area contributed by atoms with E-state index in [1.807, 2.05) is 0 Å². The lowest BCUT2D eigenvalue weighted by atomic mass is 10.00. The molecule has 3 unspecified atom stereocenters. The second kappa shape index (κ2) is 58.8. The molecule has 6 atom stereocenters. The van der Waals surface area contributed by atoms with E-state index in [1.165, 1.54) is 135 Å². The van der Waals surface area contributed by atoms with E-state index in [2.05, 4.69) is 55.4 Å². The Bertz CT molecular complexity index is 1750. The number of carbonyl (C=O) groups excluding carboxylic acids is 4. The zero-order valence-electron chi connectivity index (χ0n) is 57.3. The van der Waals surface area contributed by atoms with Gasteiger partial charge in [0.05, 0.1) is 26.4 Å². The van der Waals surface area contributed by atoms with Gasteiger partial charge in [0.25, 0.3) is 0 Å². The lowest BCUT2D eigenvalue weighted by Crippen LogP contribution is -2.30. The van der Waals surface area contributed by atoms with Crippen LogP contribution in [0.25, 0.3) is 0 Å². The van der Waals surface area contributed by atoms with Gasteiger partial charge < -0.3 is 33.8 Å². The summed E-state index contributed by atoms with van der Waals surface area (Å²) in [6.45, 7) is 14.0. The number of hydrogen-bond donors (Lipinski definition) is 3. The highest BCUT2D eigenvalue weighted by atomic mass is 31.2. The van der Waals surface area contributed by atoms with Gasteiger partial charge in [-0.2, -0.15) is 0 Å². The van der Waals surface area contributed by atoms with E-state index >= 15 is 0 Å². The van der Waals surface area contributed by atoms with E-state index in [9.17, 15) is 43.2 Å². The van der Waals surface area contributed by atoms with Crippen LogP contribution in [0.3, 0.4) is 0 Å². The number of rotatable bonds is 66. The van der Waals surface area contributed by atoms with E-state index in [0.29, 0.717) is 31.6 Å². The molecule has 0 aromatic carbocycles. The third kappa shape index (κ3) is 61.6. The Morgan fingerprint density at radius 1 is 0.318 bits per heavy atom. The normalized spacial score (nSPS) is 14.6. The van der Waals surface area contributed by atoms with Gasteiger partial charge in [-0.3, -0.25) is 37.3 Å². The van der Waals surface area contributed by atoms with Crippen molar-refractivity contribution in [2.24, 2.45) is 23.7 Å². The predicted molar refractivity (Wildman–Crippen MR) is 354 cm³/mol. The monoisotopic (exact) mass is 1300 g/mol. The van der Waals surface area contributed by atoms with Crippen molar-refractivity contribution in [1.29, 1.82) is 0 Å². The third-order valence-corrected chi connectivity index (χ3v) is 18.1. The molecule has 0 aliphatic heterocycles. The van der Waals surface area contributed by atoms with Crippen LogP contribution in [0.4, 0.5) is 0 Å².